The number of ether oxygens (including phenoxy) is 2. The van der Waals surface area contributed by atoms with Gasteiger partial charge in [-0.2, -0.15) is 0 Å². The van der Waals surface area contributed by atoms with Crippen LogP contribution in [0.25, 0.3) is 0 Å². The molecule has 2 rings (SSSR count). The highest BCUT2D eigenvalue weighted by Gasteiger charge is 2.19. The lowest BCUT2D eigenvalue weighted by molar-refractivity contribution is 0.0275. The molecule has 0 aliphatic carbocycles. The molecule has 4 nitrogen and oxygen atoms in total. The fourth-order valence-electron chi connectivity index (χ4n) is 1.71. The largest absolute Gasteiger partial charge is 0.503 e. The Balaban J connectivity index is 2.29. The summed E-state index contributed by atoms with van der Waals surface area (Å²) in [5.74, 6) is 0.577. The number of phenolic OH excluding ortho intramolecular Hbond substituents is 1. The minimum atomic E-state index is 0.0135. The van der Waals surface area contributed by atoms with Crippen molar-refractivity contribution in [1.82, 2.24) is 5.32 Å². The highest BCUT2D eigenvalue weighted by atomic mass is 79.9. The van der Waals surface area contributed by atoms with Gasteiger partial charge in [0.25, 0.3) is 0 Å². The summed E-state index contributed by atoms with van der Waals surface area (Å²) in [6.07, 6.45) is 0.0135. The summed E-state index contributed by atoms with van der Waals surface area (Å²) in [5, 5.41) is 13.0. The zero-order valence-corrected chi connectivity index (χ0v) is 10.6. The van der Waals surface area contributed by atoms with E-state index in [-0.39, 0.29) is 11.9 Å². The number of methoxy groups -OCH3 is 1. The number of hydrogen-bond acceptors (Lipinski definition) is 4. The van der Waals surface area contributed by atoms with E-state index in [1.807, 2.05) is 6.07 Å². The third-order valence-corrected chi connectivity index (χ3v) is 3.17. The number of rotatable bonds is 2. The molecule has 1 unspecified atom stereocenters. The van der Waals surface area contributed by atoms with E-state index in [1.165, 1.54) is 7.11 Å². The van der Waals surface area contributed by atoms with Gasteiger partial charge in [0, 0.05) is 13.1 Å². The van der Waals surface area contributed by atoms with Gasteiger partial charge in [-0.15, -0.1) is 0 Å². The average molecular weight is 288 g/mol. The Hall–Kier alpha value is -0.780. The van der Waals surface area contributed by atoms with E-state index in [1.54, 1.807) is 6.07 Å². The highest BCUT2D eigenvalue weighted by molar-refractivity contribution is 9.10. The second-order valence-electron chi connectivity index (χ2n) is 3.62. The van der Waals surface area contributed by atoms with Gasteiger partial charge in [0.15, 0.2) is 11.5 Å². The quantitative estimate of drug-likeness (QED) is 0.871. The number of aromatic hydroxyl groups is 1. The van der Waals surface area contributed by atoms with Crippen molar-refractivity contribution >= 4 is 15.9 Å². The fraction of sp³-hybridized carbons (Fsp3) is 0.455. The first-order valence-corrected chi connectivity index (χ1v) is 5.90. The van der Waals surface area contributed by atoms with E-state index in [4.69, 9.17) is 9.47 Å². The predicted molar refractivity (Wildman–Crippen MR) is 63.9 cm³/mol. The summed E-state index contributed by atoms with van der Waals surface area (Å²) in [7, 11) is 1.53. The van der Waals surface area contributed by atoms with Gasteiger partial charge in [-0.1, -0.05) is 0 Å². The van der Waals surface area contributed by atoms with E-state index in [0.29, 0.717) is 16.8 Å². The van der Waals surface area contributed by atoms with Gasteiger partial charge in [0.05, 0.1) is 24.3 Å². The first-order chi connectivity index (χ1) is 7.72. The molecule has 0 radical (unpaired) electrons. The number of benzene rings is 1. The van der Waals surface area contributed by atoms with Crippen molar-refractivity contribution in [3.63, 3.8) is 0 Å². The molecule has 16 heavy (non-hydrogen) atoms. The molecule has 1 aromatic rings. The smallest absolute Gasteiger partial charge is 0.172 e. The van der Waals surface area contributed by atoms with Crippen LogP contribution in [-0.4, -0.2) is 31.9 Å². The average Bonchev–Trinajstić information content (AvgIpc) is 2.33. The van der Waals surface area contributed by atoms with Crippen LogP contribution in [0.3, 0.4) is 0 Å². The van der Waals surface area contributed by atoms with E-state index < -0.39 is 0 Å². The summed E-state index contributed by atoms with van der Waals surface area (Å²) in [6.45, 7) is 2.36. The molecule has 1 saturated heterocycles. The Kier molecular flexibility index (Phi) is 3.68. The molecule has 1 aliphatic rings. The van der Waals surface area contributed by atoms with Crippen molar-refractivity contribution in [2.75, 3.05) is 26.8 Å². The normalized spacial score (nSPS) is 20.8. The van der Waals surface area contributed by atoms with Crippen LogP contribution >= 0.6 is 15.9 Å². The fourth-order valence-corrected chi connectivity index (χ4v) is 2.17. The van der Waals surface area contributed by atoms with Crippen molar-refractivity contribution < 1.29 is 14.6 Å². The first-order valence-electron chi connectivity index (χ1n) is 5.11. The molecule has 1 aromatic carbocycles. The summed E-state index contributed by atoms with van der Waals surface area (Å²) >= 11 is 3.30. The SMILES string of the molecule is COc1cc(C2CNCCO2)cc(Br)c1O. The van der Waals surface area contributed by atoms with Crippen molar-refractivity contribution in [2.24, 2.45) is 0 Å². The van der Waals surface area contributed by atoms with Crippen molar-refractivity contribution in [3.8, 4) is 11.5 Å². The maximum absolute atomic E-state index is 9.69. The predicted octanol–water partition coefficient (Wildman–Crippen LogP) is 1.82. The lowest BCUT2D eigenvalue weighted by atomic mass is 10.1. The number of nitrogens with one attached hydrogen (secondary N) is 1. The summed E-state index contributed by atoms with van der Waals surface area (Å²) in [4.78, 5) is 0. The Morgan fingerprint density at radius 1 is 1.56 bits per heavy atom. The monoisotopic (exact) mass is 287 g/mol. The Bertz CT molecular complexity index is 378. The van der Waals surface area contributed by atoms with Gasteiger partial charge in [0.1, 0.15) is 0 Å². The molecule has 0 amide bonds. The van der Waals surface area contributed by atoms with Crippen LogP contribution in [0.15, 0.2) is 16.6 Å². The molecule has 88 valence electrons. The van der Waals surface area contributed by atoms with E-state index in [9.17, 15) is 5.11 Å². The van der Waals surface area contributed by atoms with Crippen LogP contribution < -0.4 is 10.1 Å². The molecule has 0 spiro atoms. The van der Waals surface area contributed by atoms with Crippen molar-refractivity contribution in [1.29, 1.82) is 0 Å². The van der Waals surface area contributed by atoms with Gasteiger partial charge in [-0.25, -0.2) is 0 Å². The van der Waals surface area contributed by atoms with Gasteiger partial charge < -0.3 is 19.9 Å². The van der Waals surface area contributed by atoms with Gasteiger partial charge in [-0.05, 0) is 33.6 Å². The third kappa shape index (κ3) is 2.31. The highest BCUT2D eigenvalue weighted by Crippen LogP contribution is 2.37. The third-order valence-electron chi connectivity index (χ3n) is 2.57. The van der Waals surface area contributed by atoms with Crippen LogP contribution in [-0.2, 0) is 4.74 Å². The minimum Gasteiger partial charge on any atom is -0.503 e. The summed E-state index contributed by atoms with van der Waals surface area (Å²) in [5.41, 5.74) is 0.994. The Labute approximate surface area is 103 Å². The molecule has 0 saturated carbocycles. The van der Waals surface area contributed by atoms with Crippen LogP contribution in [0.2, 0.25) is 0 Å². The number of phenols is 1. The molecule has 5 heteroatoms. The molecule has 0 bridgehead atoms. The first kappa shape index (κ1) is 11.7. The van der Waals surface area contributed by atoms with Crippen LogP contribution in [0.5, 0.6) is 11.5 Å². The molecular weight excluding hydrogens is 274 g/mol. The lowest BCUT2D eigenvalue weighted by Crippen LogP contribution is -2.33. The molecule has 1 fully saturated rings. The van der Waals surface area contributed by atoms with Gasteiger partial charge in [-0.3, -0.25) is 0 Å². The standard InChI is InChI=1S/C11H14BrNO3/c1-15-9-5-7(4-8(12)11(9)14)10-6-13-2-3-16-10/h4-5,10,13-14H,2-3,6H2,1H3. The molecule has 1 aliphatic heterocycles. The number of morpholine rings is 1. The van der Waals surface area contributed by atoms with Crippen LogP contribution in [0, 0.1) is 0 Å². The zero-order valence-electron chi connectivity index (χ0n) is 9.00. The summed E-state index contributed by atoms with van der Waals surface area (Å²) < 4.78 is 11.4. The second kappa shape index (κ2) is 5.03. The van der Waals surface area contributed by atoms with Crippen LogP contribution in [0.1, 0.15) is 11.7 Å². The molecular formula is C11H14BrNO3. The van der Waals surface area contributed by atoms with Crippen LogP contribution in [0.4, 0.5) is 0 Å². The van der Waals surface area contributed by atoms with Crippen molar-refractivity contribution in [3.05, 3.63) is 22.2 Å². The topological polar surface area (TPSA) is 50.7 Å². The molecule has 1 heterocycles. The Morgan fingerprint density at radius 2 is 2.38 bits per heavy atom. The number of hydrogen-bond donors (Lipinski definition) is 2. The maximum atomic E-state index is 9.69. The summed E-state index contributed by atoms with van der Waals surface area (Å²) in [6, 6.07) is 3.66. The molecule has 0 aromatic heterocycles. The Morgan fingerprint density at radius 3 is 3.00 bits per heavy atom. The minimum absolute atomic E-state index is 0.0135. The molecule has 2 N–H and O–H groups in total. The maximum Gasteiger partial charge on any atom is 0.172 e. The van der Waals surface area contributed by atoms with E-state index >= 15 is 0 Å². The van der Waals surface area contributed by atoms with Crippen molar-refractivity contribution in [2.45, 2.75) is 6.10 Å². The lowest BCUT2D eigenvalue weighted by Gasteiger charge is -2.24. The van der Waals surface area contributed by atoms with Gasteiger partial charge in [0.2, 0.25) is 0 Å². The number of halogens is 1. The van der Waals surface area contributed by atoms with Gasteiger partial charge >= 0.3 is 0 Å². The zero-order chi connectivity index (χ0) is 11.5. The van der Waals surface area contributed by atoms with E-state index in [2.05, 4.69) is 21.2 Å². The second-order valence-corrected chi connectivity index (χ2v) is 4.47. The molecule has 1 atom stereocenters. The van der Waals surface area contributed by atoms with E-state index in [0.717, 1.165) is 18.7 Å².